The summed E-state index contributed by atoms with van der Waals surface area (Å²) in [7, 11) is 0. The second-order valence-electron chi connectivity index (χ2n) is 4.17. The lowest BCUT2D eigenvalue weighted by Crippen LogP contribution is -2.16. The second kappa shape index (κ2) is 5.17. The maximum absolute atomic E-state index is 12.1. The fraction of sp³-hybridized carbons (Fsp3) is 0.0769. The highest BCUT2D eigenvalue weighted by atomic mass is 127. The van der Waals surface area contributed by atoms with E-state index in [9.17, 15) is 13.2 Å². The molecule has 8 heteroatoms. The Balaban J connectivity index is 1.93. The standard InChI is InChI=1S/C13H7F3IN3O/c14-13(15,16)21-9-3-1-8(2-4-9)10-5-11-12(17)19-7-20(11)6-18-10/h1-7H. The summed E-state index contributed by atoms with van der Waals surface area (Å²) in [5.74, 6) is -0.258. The van der Waals surface area contributed by atoms with E-state index in [1.165, 1.54) is 24.3 Å². The molecule has 0 bridgehead atoms. The van der Waals surface area contributed by atoms with Crippen LogP contribution in [0.4, 0.5) is 13.2 Å². The van der Waals surface area contributed by atoms with Gasteiger partial charge in [0.15, 0.2) is 0 Å². The largest absolute Gasteiger partial charge is 0.573 e. The second-order valence-corrected chi connectivity index (χ2v) is 5.20. The Morgan fingerprint density at radius 1 is 1.05 bits per heavy atom. The molecule has 2 heterocycles. The van der Waals surface area contributed by atoms with Gasteiger partial charge in [-0.2, -0.15) is 0 Å². The molecular formula is C13H7F3IN3O. The molecule has 108 valence electrons. The Morgan fingerprint density at radius 2 is 1.71 bits per heavy atom. The van der Waals surface area contributed by atoms with E-state index < -0.39 is 6.36 Å². The molecule has 0 aliphatic carbocycles. The zero-order valence-corrected chi connectivity index (χ0v) is 12.5. The van der Waals surface area contributed by atoms with E-state index in [2.05, 4.69) is 37.3 Å². The molecule has 21 heavy (non-hydrogen) atoms. The highest BCUT2D eigenvalue weighted by Gasteiger charge is 2.30. The third-order valence-corrected chi connectivity index (χ3v) is 3.59. The van der Waals surface area contributed by atoms with Gasteiger partial charge in [0, 0.05) is 5.56 Å². The van der Waals surface area contributed by atoms with Gasteiger partial charge in [-0.25, -0.2) is 9.97 Å². The number of fused-ring (bicyclic) bond motifs is 1. The lowest BCUT2D eigenvalue weighted by atomic mass is 10.1. The van der Waals surface area contributed by atoms with Crippen molar-refractivity contribution in [1.29, 1.82) is 0 Å². The maximum atomic E-state index is 12.1. The van der Waals surface area contributed by atoms with E-state index in [0.717, 1.165) is 9.22 Å². The first-order chi connectivity index (χ1) is 9.92. The SMILES string of the molecule is FC(F)(F)Oc1ccc(-c2cc3c(I)ncn3cn2)cc1. The van der Waals surface area contributed by atoms with E-state index in [4.69, 9.17) is 0 Å². The minimum atomic E-state index is -4.69. The van der Waals surface area contributed by atoms with Crippen molar-refractivity contribution in [1.82, 2.24) is 14.4 Å². The van der Waals surface area contributed by atoms with Gasteiger partial charge >= 0.3 is 6.36 Å². The Bertz CT molecular complexity index is 783. The fourth-order valence-electron chi connectivity index (χ4n) is 1.85. The molecule has 0 saturated heterocycles. The summed E-state index contributed by atoms with van der Waals surface area (Å²) in [5, 5.41) is 0. The summed E-state index contributed by atoms with van der Waals surface area (Å²) >= 11 is 2.10. The van der Waals surface area contributed by atoms with Gasteiger partial charge in [0.1, 0.15) is 22.1 Å². The average Bonchev–Trinajstić information content (AvgIpc) is 2.79. The summed E-state index contributed by atoms with van der Waals surface area (Å²) in [4.78, 5) is 8.40. The normalized spacial score (nSPS) is 11.8. The maximum Gasteiger partial charge on any atom is 0.573 e. The van der Waals surface area contributed by atoms with Crippen molar-refractivity contribution in [3.8, 4) is 17.0 Å². The van der Waals surface area contributed by atoms with Gasteiger partial charge in [-0.1, -0.05) is 0 Å². The summed E-state index contributed by atoms with van der Waals surface area (Å²) in [5.41, 5.74) is 2.24. The van der Waals surface area contributed by atoms with E-state index in [0.29, 0.717) is 11.3 Å². The van der Waals surface area contributed by atoms with Crippen molar-refractivity contribution >= 4 is 28.1 Å². The first kappa shape index (κ1) is 14.1. The van der Waals surface area contributed by atoms with Crippen LogP contribution in [0.3, 0.4) is 0 Å². The molecule has 0 aliphatic heterocycles. The van der Waals surface area contributed by atoms with Gasteiger partial charge in [-0.3, -0.25) is 4.40 Å². The highest BCUT2D eigenvalue weighted by molar-refractivity contribution is 14.1. The molecule has 4 nitrogen and oxygen atoms in total. The van der Waals surface area contributed by atoms with Crippen LogP contribution in [0.2, 0.25) is 0 Å². The number of halogens is 4. The van der Waals surface area contributed by atoms with Crippen molar-refractivity contribution in [2.45, 2.75) is 6.36 Å². The zero-order chi connectivity index (χ0) is 15.0. The number of ether oxygens (including phenoxy) is 1. The van der Waals surface area contributed by atoms with Gasteiger partial charge in [0.2, 0.25) is 0 Å². The number of hydrogen-bond donors (Lipinski definition) is 0. The number of rotatable bonds is 2. The van der Waals surface area contributed by atoms with Crippen LogP contribution in [0.25, 0.3) is 16.8 Å². The van der Waals surface area contributed by atoms with Gasteiger partial charge in [-0.15, -0.1) is 13.2 Å². The molecule has 0 amide bonds. The summed E-state index contributed by atoms with van der Waals surface area (Å²) < 4.78 is 42.7. The number of imidazole rings is 1. The minimum absolute atomic E-state index is 0.258. The lowest BCUT2D eigenvalue weighted by Gasteiger charge is -2.09. The van der Waals surface area contributed by atoms with Crippen molar-refractivity contribution in [3.63, 3.8) is 0 Å². The van der Waals surface area contributed by atoms with Gasteiger partial charge in [-0.05, 0) is 52.9 Å². The lowest BCUT2D eigenvalue weighted by molar-refractivity contribution is -0.274. The molecule has 0 unspecified atom stereocenters. The highest BCUT2D eigenvalue weighted by Crippen LogP contribution is 2.26. The monoisotopic (exact) mass is 405 g/mol. The van der Waals surface area contributed by atoms with Crippen LogP contribution < -0.4 is 4.74 Å². The van der Waals surface area contributed by atoms with E-state index in [-0.39, 0.29) is 5.75 Å². The van der Waals surface area contributed by atoms with Crippen LogP contribution in [-0.2, 0) is 0 Å². The Hall–Kier alpha value is -1.84. The molecule has 0 N–H and O–H groups in total. The summed E-state index contributed by atoms with van der Waals surface area (Å²) in [6.07, 6.45) is -1.43. The Kier molecular flexibility index (Phi) is 3.47. The summed E-state index contributed by atoms with van der Waals surface area (Å²) in [6, 6.07) is 7.41. The number of benzene rings is 1. The predicted octanol–water partition coefficient (Wildman–Crippen LogP) is 3.90. The van der Waals surface area contributed by atoms with Crippen molar-refractivity contribution < 1.29 is 17.9 Å². The third kappa shape index (κ3) is 3.09. The van der Waals surface area contributed by atoms with Crippen molar-refractivity contribution in [2.75, 3.05) is 0 Å². The molecule has 0 saturated carbocycles. The van der Waals surface area contributed by atoms with E-state index in [1.807, 2.05) is 6.07 Å². The molecule has 3 rings (SSSR count). The first-order valence-corrected chi connectivity index (χ1v) is 6.85. The molecule has 0 fully saturated rings. The predicted molar refractivity (Wildman–Crippen MR) is 77.8 cm³/mol. The molecule has 0 spiro atoms. The third-order valence-electron chi connectivity index (χ3n) is 2.76. The zero-order valence-electron chi connectivity index (χ0n) is 10.3. The molecule has 0 aliphatic rings. The van der Waals surface area contributed by atoms with Gasteiger partial charge < -0.3 is 4.74 Å². The van der Waals surface area contributed by atoms with Gasteiger partial charge in [0.05, 0.1) is 11.2 Å². The molecule has 0 radical (unpaired) electrons. The quantitative estimate of drug-likeness (QED) is 0.608. The van der Waals surface area contributed by atoms with E-state index >= 15 is 0 Å². The van der Waals surface area contributed by atoms with E-state index in [1.54, 1.807) is 17.1 Å². The molecular weight excluding hydrogens is 398 g/mol. The smallest absolute Gasteiger partial charge is 0.406 e. The van der Waals surface area contributed by atoms with Crippen LogP contribution in [0, 0.1) is 3.70 Å². The number of aromatic nitrogens is 3. The number of nitrogens with zero attached hydrogens (tertiary/aromatic N) is 3. The number of alkyl halides is 3. The minimum Gasteiger partial charge on any atom is -0.406 e. The fourth-order valence-corrected chi connectivity index (χ4v) is 2.41. The van der Waals surface area contributed by atoms with Crippen LogP contribution in [-0.4, -0.2) is 20.7 Å². The van der Waals surface area contributed by atoms with Crippen LogP contribution in [0.15, 0.2) is 43.0 Å². The van der Waals surface area contributed by atoms with Crippen LogP contribution in [0.1, 0.15) is 0 Å². The van der Waals surface area contributed by atoms with Crippen LogP contribution >= 0.6 is 22.6 Å². The topological polar surface area (TPSA) is 39.4 Å². The molecule has 0 atom stereocenters. The Morgan fingerprint density at radius 3 is 2.38 bits per heavy atom. The Labute approximate surface area is 130 Å². The van der Waals surface area contributed by atoms with Crippen molar-refractivity contribution in [2.24, 2.45) is 0 Å². The van der Waals surface area contributed by atoms with Crippen LogP contribution in [0.5, 0.6) is 5.75 Å². The average molecular weight is 405 g/mol. The number of hydrogen-bond acceptors (Lipinski definition) is 3. The molecule has 3 aromatic rings. The summed E-state index contributed by atoms with van der Waals surface area (Å²) in [6.45, 7) is 0. The molecule has 2 aromatic heterocycles. The first-order valence-electron chi connectivity index (χ1n) is 5.77. The van der Waals surface area contributed by atoms with Crippen molar-refractivity contribution in [3.05, 3.63) is 46.7 Å². The molecule has 1 aromatic carbocycles. The van der Waals surface area contributed by atoms with Gasteiger partial charge in [0.25, 0.3) is 0 Å².